The minimum absolute atomic E-state index is 0.0752. The van der Waals surface area contributed by atoms with Crippen molar-refractivity contribution in [2.45, 2.75) is 17.9 Å². The molecule has 0 saturated heterocycles. The quantitative estimate of drug-likeness (QED) is 0.337. The van der Waals surface area contributed by atoms with Gasteiger partial charge in [-0.1, -0.05) is 54.6 Å². The van der Waals surface area contributed by atoms with Crippen LogP contribution in [0.4, 0.5) is 5.69 Å². The van der Waals surface area contributed by atoms with Gasteiger partial charge in [-0.15, -0.1) is 18.3 Å². The van der Waals surface area contributed by atoms with Crippen LogP contribution in [0.15, 0.2) is 96.4 Å². The third-order valence-corrected chi connectivity index (χ3v) is 5.55. The number of amides is 1. The van der Waals surface area contributed by atoms with E-state index >= 15 is 0 Å². The van der Waals surface area contributed by atoms with Crippen LogP contribution in [0.25, 0.3) is 0 Å². The second-order valence-electron chi connectivity index (χ2n) is 6.55. The van der Waals surface area contributed by atoms with Gasteiger partial charge in [0.1, 0.15) is 5.75 Å². The molecule has 0 saturated carbocycles. The summed E-state index contributed by atoms with van der Waals surface area (Å²) in [5.41, 5.74) is 3.08. The Bertz CT molecular complexity index is 939. The Morgan fingerprint density at radius 1 is 1.00 bits per heavy atom. The maximum Gasteiger partial charge on any atom is 0.237 e. The lowest BCUT2D eigenvalue weighted by molar-refractivity contribution is -0.116. The molecule has 0 aliphatic heterocycles. The topological polar surface area (TPSA) is 29.5 Å². The van der Waals surface area contributed by atoms with E-state index < -0.39 is 0 Å². The predicted octanol–water partition coefficient (Wildman–Crippen LogP) is 5.75. The molecule has 29 heavy (non-hydrogen) atoms. The van der Waals surface area contributed by atoms with Gasteiger partial charge in [0.2, 0.25) is 5.91 Å². The molecule has 0 N–H and O–H groups in total. The molecule has 0 fully saturated rings. The fourth-order valence-corrected chi connectivity index (χ4v) is 3.86. The lowest BCUT2D eigenvalue weighted by Gasteiger charge is -2.25. The van der Waals surface area contributed by atoms with Gasteiger partial charge in [0.25, 0.3) is 0 Å². The Kier molecular flexibility index (Phi) is 7.54. The molecule has 0 atom stereocenters. The van der Waals surface area contributed by atoms with Crippen LogP contribution in [0.3, 0.4) is 0 Å². The molecule has 0 bridgehead atoms. The fourth-order valence-electron chi connectivity index (χ4n) is 3.06. The van der Waals surface area contributed by atoms with Crippen LogP contribution in [0.2, 0.25) is 0 Å². The number of allylic oxidation sites excluding steroid dienone is 1. The lowest BCUT2D eigenvalue weighted by atomic mass is 10.1. The number of methoxy groups -OCH3 is 1. The largest absolute Gasteiger partial charge is 0.497 e. The predicted molar refractivity (Wildman–Crippen MR) is 122 cm³/mol. The van der Waals surface area contributed by atoms with E-state index in [-0.39, 0.29) is 5.91 Å². The molecule has 0 aromatic heterocycles. The standard InChI is InChI=1S/C25H25NO2S/c1-3-9-21-10-7-8-13-24(21)26(18-20-14-16-22(28-2)17-15-20)25(27)19-29-23-11-5-4-6-12-23/h3-8,10-17H,1,9,18-19H2,2H3. The molecule has 0 aliphatic carbocycles. The van der Waals surface area contributed by atoms with Crippen LogP contribution in [0.5, 0.6) is 5.75 Å². The number of nitrogens with zero attached hydrogens (tertiary/aromatic N) is 1. The Labute approximate surface area is 177 Å². The van der Waals surface area contributed by atoms with Crippen LogP contribution in [0, 0.1) is 0 Å². The van der Waals surface area contributed by atoms with Crippen molar-refractivity contribution >= 4 is 23.4 Å². The summed E-state index contributed by atoms with van der Waals surface area (Å²) in [6.07, 6.45) is 2.59. The summed E-state index contributed by atoms with van der Waals surface area (Å²) in [7, 11) is 1.65. The zero-order valence-electron chi connectivity index (χ0n) is 16.6. The van der Waals surface area contributed by atoms with Crippen molar-refractivity contribution in [1.82, 2.24) is 0 Å². The van der Waals surface area contributed by atoms with Crippen molar-refractivity contribution in [1.29, 1.82) is 0 Å². The van der Waals surface area contributed by atoms with E-state index in [9.17, 15) is 4.79 Å². The first-order valence-corrected chi connectivity index (χ1v) is 10.5. The second-order valence-corrected chi connectivity index (χ2v) is 7.60. The fraction of sp³-hybridized carbons (Fsp3) is 0.160. The molecule has 3 aromatic carbocycles. The van der Waals surface area contributed by atoms with E-state index in [1.165, 1.54) is 0 Å². The first-order valence-electron chi connectivity index (χ1n) is 9.51. The Hall–Kier alpha value is -2.98. The summed E-state index contributed by atoms with van der Waals surface area (Å²) < 4.78 is 5.25. The van der Waals surface area contributed by atoms with Gasteiger partial charge in [0.05, 0.1) is 19.4 Å². The van der Waals surface area contributed by atoms with Crippen molar-refractivity contribution in [3.05, 3.63) is 103 Å². The van der Waals surface area contributed by atoms with Gasteiger partial charge in [-0.2, -0.15) is 0 Å². The summed E-state index contributed by atoms with van der Waals surface area (Å²) in [5, 5.41) is 0. The summed E-state index contributed by atoms with van der Waals surface area (Å²) in [5.74, 6) is 1.26. The Morgan fingerprint density at radius 2 is 1.69 bits per heavy atom. The third-order valence-electron chi connectivity index (χ3n) is 4.55. The highest BCUT2D eigenvalue weighted by Gasteiger charge is 2.19. The van der Waals surface area contributed by atoms with Gasteiger partial charge in [-0.05, 0) is 47.9 Å². The number of anilines is 1. The number of ether oxygens (including phenoxy) is 1. The normalized spacial score (nSPS) is 10.4. The van der Waals surface area contributed by atoms with Crippen molar-refractivity contribution in [2.75, 3.05) is 17.8 Å². The van der Waals surface area contributed by atoms with E-state index in [2.05, 4.69) is 12.6 Å². The second kappa shape index (κ2) is 10.5. The summed E-state index contributed by atoms with van der Waals surface area (Å²) >= 11 is 1.56. The molecule has 3 rings (SSSR count). The van der Waals surface area contributed by atoms with Crippen molar-refractivity contribution < 1.29 is 9.53 Å². The number of benzene rings is 3. The number of carbonyl (C=O) groups is 1. The number of para-hydroxylation sites is 1. The van der Waals surface area contributed by atoms with Crippen molar-refractivity contribution in [2.24, 2.45) is 0 Å². The average molecular weight is 404 g/mol. The lowest BCUT2D eigenvalue weighted by Crippen LogP contribution is -2.32. The molecule has 0 spiro atoms. The van der Waals surface area contributed by atoms with Gasteiger partial charge < -0.3 is 9.64 Å². The maximum atomic E-state index is 13.3. The first kappa shape index (κ1) is 20.7. The minimum Gasteiger partial charge on any atom is -0.497 e. The maximum absolute atomic E-state index is 13.3. The number of rotatable bonds is 9. The van der Waals surface area contributed by atoms with Crippen LogP contribution in [0.1, 0.15) is 11.1 Å². The minimum atomic E-state index is 0.0752. The molecule has 3 aromatic rings. The number of hydrogen-bond acceptors (Lipinski definition) is 3. The zero-order chi connectivity index (χ0) is 20.5. The molecule has 4 heteroatoms. The van der Waals surface area contributed by atoms with E-state index in [4.69, 9.17) is 4.74 Å². The highest BCUT2D eigenvalue weighted by molar-refractivity contribution is 8.00. The molecule has 3 nitrogen and oxygen atoms in total. The smallest absolute Gasteiger partial charge is 0.237 e. The molecule has 0 radical (unpaired) electrons. The van der Waals surface area contributed by atoms with Gasteiger partial charge in [-0.25, -0.2) is 0 Å². The van der Waals surface area contributed by atoms with Crippen LogP contribution < -0.4 is 9.64 Å². The summed E-state index contributed by atoms with van der Waals surface area (Å²) in [4.78, 5) is 16.2. The Morgan fingerprint density at radius 3 is 2.38 bits per heavy atom. The molecule has 0 unspecified atom stereocenters. The van der Waals surface area contributed by atoms with Gasteiger partial charge >= 0.3 is 0 Å². The zero-order valence-corrected chi connectivity index (χ0v) is 17.4. The first-order chi connectivity index (χ1) is 14.2. The van der Waals surface area contributed by atoms with E-state index in [1.807, 2.05) is 83.8 Å². The SMILES string of the molecule is C=CCc1ccccc1N(Cc1ccc(OC)cc1)C(=O)CSc1ccccc1. The molecule has 1 amide bonds. The molecular formula is C25H25NO2S. The molecule has 0 heterocycles. The summed E-state index contributed by atoms with van der Waals surface area (Å²) in [6.45, 7) is 4.37. The van der Waals surface area contributed by atoms with Gasteiger partial charge in [-0.3, -0.25) is 4.79 Å². The molecular weight excluding hydrogens is 378 g/mol. The highest BCUT2D eigenvalue weighted by atomic mass is 32.2. The number of carbonyl (C=O) groups excluding carboxylic acids is 1. The van der Waals surface area contributed by atoms with E-state index in [1.54, 1.807) is 18.9 Å². The Balaban J connectivity index is 1.85. The summed E-state index contributed by atoms with van der Waals surface area (Å²) in [6, 6.07) is 25.9. The molecule has 0 aliphatic rings. The van der Waals surface area contributed by atoms with Crippen LogP contribution >= 0.6 is 11.8 Å². The van der Waals surface area contributed by atoms with Crippen molar-refractivity contribution in [3.8, 4) is 5.75 Å². The average Bonchev–Trinajstić information content (AvgIpc) is 2.78. The number of thioether (sulfide) groups is 1. The van der Waals surface area contributed by atoms with E-state index in [0.717, 1.165) is 27.5 Å². The van der Waals surface area contributed by atoms with Crippen LogP contribution in [-0.4, -0.2) is 18.8 Å². The van der Waals surface area contributed by atoms with Gasteiger partial charge in [0.15, 0.2) is 0 Å². The number of hydrogen-bond donors (Lipinski definition) is 0. The third kappa shape index (κ3) is 5.75. The monoisotopic (exact) mass is 403 g/mol. The molecule has 148 valence electrons. The highest BCUT2D eigenvalue weighted by Crippen LogP contribution is 2.26. The van der Waals surface area contributed by atoms with Crippen molar-refractivity contribution in [3.63, 3.8) is 0 Å². The van der Waals surface area contributed by atoms with Gasteiger partial charge in [0, 0.05) is 10.6 Å². The van der Waals surface area contributed by atoms with Crippen LogP contribution in [-0.2, 0) is 17.8 Å². The van der Waals surface area contributed by atoms with E-state index in [0.29, 0.717) is 18.7 Å².